The highest BCUT2D eigenvalue weighted by Crippen LogP contribution is 2.70. The number of unbranched alkanes of at least 4 members (excludes halogenated alkanes) is 1. The van der Waals surface area contributed by atoms with Gasteiger partial charge in [-0.3, -0.25) is 4.79 Å². The number of hydrogen-bond acceptors (Lipinski definition) is 6. The van der Waals surface area contributed by atoms with Gasteiger partial charge in [0.15, 0.2) is 0 Å². The first-order chi connectivity index (χ1) is 16.5. The molecule has 4 rings (SSSR count). The summed E-state index contributed by atoms with van der Waals surface area (Å²) in [6, 6.07) is 7.19. The maximum absolute atomic E-state index is 13.9. The van der Waals surface area contributed by atoms with Gasteiger partial charge in [0.25, 0.3) is 0 Å². The van der Waals surface area contributed by atoms with Crippen molar-refractivity contribution in [1.29, 1.82) is 0 Å². The first kappa shape index (κ1) is 26.4. The number of hydrogen-bond donors (Lipinski definition) is 1. The summed E-state index contributed by atoms with van der Waals surface area (Å²) in [5.74, 6) is -0.0337. The van der Waals surface area contributed by atoms with Gasteiger partial charge in [-0.15, -0.1) is 0 Å². The van der Waals surface area contributed by atoms with Gasteiger partial charge in [-0.25, -0.2) is 12.7 Å². The third-order valence-electron chi connectivity index (χ3n) is 9.38. The van der Waals surface area contributed by atoms with Gasteiger partial charge in [0.1, 0.15) is 5.75 Å². The van der Waals surface area contributed by atoms with Gasteiger partial charge in [-0.05, 0) is 61.6 Å². The summed E-state index contributed by atoms with van der Waals surface area (Å²) in [5, 5.41) is 11.3. The lowest BCUT2D eigenvalue weighted by Crippen LogP contribution is -2.50. The minimum absolute atomic E-state index is 0.0417. The third kappa shape index (κ3) is 4.40. The van der Waals surface area contributed by atoms with E-state index in [1.165, 1.54) is 4.31 Å². The molecule has 1 aromatic rings. The van der Waals surface area contributed by atoms with Gasteiger partial charge >= 0.3 is 0 Å². The van der Waals surface area contributed by atoms with Crippen molar-refractivity contribution in [3.63, 3.8) is 0 Å². The van der Waals surface area contributed by atoms with Crippen LogP contribution >= 0.6 is 0 Å². The van der Waals surface area contributed by atoms with Crippen molar-refractivity contribution in [1.82, 2.24) is 4.31 Å². The van der Waals surface area contributed by atoms with Crippen molar-refractivity contribution < 1.29 is 27.8 Å². The predicted octanol–water partition coefficient (Wildman–Crippen LogP) is 4.13. The molecule has 8 heteroatoms. The van der Waals surface area contributed by atoms with E-state index < -0.39 is 34.1 Å². The summed E-state index contributed by atoms with van der Waals surface area (Å²) in [6.45, 7) is 8.40. The number of ether oxygens (including phenoxy) is 2. The van der Waals surface area contributed by atoms with Crippen LogP contribution in [-0.4, -0.2) is 54.8 Å². The summed E-state index contributed by atoms with van der Waals surface area (Å²) in [5.41, 5.74) is 0.448. The van der Waals surface area contributed by atoms with E-state index in [1.807, 2.05) is 31.2 Å². The summed E-state index contributed by atoms with van der Waals surface area (Å²) in [7, 11) is -2.12. The fraction of sp³-hybridized carbons (Fsp3) is 0.741. The molecule has 35 heavy (non-hydrogen) atoms. The number of carbonyl (C=O) groups is 1. The lowest BCUT2D eigenvalue weighted by atomic mass is 9.69. The molecule has 1 spiro atoms. The maximum Gasteiger partial charge on any atom is 0.242 e. The Labute approximate surface area is 210 Å². The van der Waals surface area contributed by atoms with E-state index in [0.29, 0.717) is 12.3 Å². The van der Waals surface area contributed by atoms with Crippen molar-refractivity contribution >= 4 is 15.9 Å². The number of carbonyl (C=O) groups excluding carboxylic acids is 1. The second-order valence-corrected chi connectivity index (χ2v) is 13.2. The molecule has 2 bridgehead atoms. The van der Waals surface area contributed by atoms with Crippen LogP contribution in [0.4, 0.5) is 0 Å². The number of fused-ring (bicyclic) bond motifs is 1. The Morgan fingerprint density at radius 3 is 2.54 bits per heavy atom. The SMILES string of the molecule is CCCC[C@@H](C(=O)N1[C@@H]2C[C@H]3CC[C@]2(CS1(=O)=O)C3(C)C)[C@@H](O)[C@H](C)OCc1ccc(OC)cc1. The fourth-order valence-corrected chi connectivity index (χ4v) is 9.57. The Hall–Kier alpha value is -1.64. The molecule has 3 aliphatic rings. The highest BCUT2D eigenvalue weighted by atomic mass is 32.2. The Kier molecular flexibility index (Phi) is 7.30. The minimum Gasteiger partial charge on any atom is -0.497 e. The minimum atomic E-state index is -3.73. The monoisotopic (exact) mass is 507 g/mol. The predicted molar refractivity (Wildman–Crippen MR) is 134 cm³/mol. The lowest BCUT2D eigenvalue weighted by Gasteiger charge is -2.38. The Morgan fingerprint density at radius 2 is 1.94 bits per heavy atom. The van der Waals surface area contributed by atoms with Gasteiger partial charge in [-0.1, -0.05) is 45.7 Å². The summed E-state index contributed by atoms with van der Waals surface area (Å²) < 4.78 is 39.1. The molecule has 7 nitrogen and oxygen atoms in total. The third-order valence-corrected chi connectivity index (χ3v) is 11.3. The topological polar surface area (TPSA) is 93.1 Å². The zero-order valence-electron chi connectivity index (χ0n) is 21.7. The quantitative estimate of drug-likeness (QED) is 0.512. The van der Waals surface area contributed by atoms with Crippen molar-refractivity contribution in [2.24, 2.45) is 22.7 Å². The molecule has 6 atom stereocenters. The van der Waals surface area contributed by atoms with Crippen molar-refractivity contribution in [3.8, 4) is 5.75 Å². The molecule has 2 aliphatic carbocycles. The summed E-state index contributed by atoms with van der Waals surface area (Å²) in [6.07, 6.45) is 2.91. The molecule has 1 saturated heterocycles. The zero-order valence-corrected chi connectivity index (χ0v) is 22.5. The van der Waals surface area contributed by atoms with Crippen LogP contribution in [0, 0.1) is 22.7 Å². The molecule has 1 heterocycles. The molecule has 0 aromatic heterocycles. The standard InChI is InChI=1S/C27H41NO6S/c1-6-7-8-22(24(29)18(2)34-16-19-9-11-21(33-5)12-10-19)25(30)28-23-15-20-13-14-27(23,26(20,3)4)17-35(28,31)32/h9-12,18,20,22-24,29H,6-8,13-17H2,1-5H3/t18-,20+,22+,23+,24-,27+/m0/s1. The second kappa shape index (κ2) is 9.67. The van der Waals surface area contributed by atoms with E-state index in [0.717, 1.165) is 43.4 Å². The smallest absolute Gasteiger partial charge is 0.242 e. The van der Waals surface area contributed by atoms with Gasteiger partial charge in [0.05, 0.1) is 43.6 Å². The van der Waals surface area contributed by atoms with E-state index in [4.69, 9.17) is 9.47 Å². The normalized spacial score (nSPS) is 30.6. The van der Waals surface area contributed by atoms with Crippen molar-refractivity contribution in [2.45, 2.75) is 91.1 Å². The van der Waals surface area contributed by atoms with Crippen LogP contribution in [0.15, 0.2) is 24.3 Å². The number of sulfonamides is 1. The molecular weight excluding hydrogens is 466 g/mol. The lowest BCUT2D eigenvalue weighted by molar-refractivity contribution is -0.142. The molecule has 1 N–H and O–H groups in total. The Bertz CT molecular complexity index is 1020. The van der Waals surface area contributed by atoms with Gasteiger partial charge in [0, 0.05) is 5.41 Å². The zero-order chi connectivity index (χ0) is 25.6. The highest BCUT2D eigenvalue weighted by molar-refractivity contribution is 7.90. The van der Waals surface area contributed by atoms with Gasteiger partial charge in [0.2, 0.25) is 15.9 Å². The van der Waals surface area contributed by atoms with Crippen LogP contribution < -0.4 is 4.74 Å². The number of aliphatic hydroxyl groups is 1. The van der Waals surface area contributed by atoms with E-state index in [2.05, 4.69) is 13.8 Å². The largest absolute Gasteiger partial charge is 0.497 e. The average Bonchev–Trinajstić information content (AvgIpc) is 3.30. The molecular formula is C27H41NO6S. The van der Waals surface area contributed by atoms with Crippen LogP contribution in [0.25, 0.3) is 0 Å². The van der Waals surface area contributed by atoms with Crippen LogP contribution in [0.2, 0.25) is 0 Å². The number of rotatable bonds is 10. The molecule has 0 unspecified atom stereocenters. The van der Waals surface area contributed by atoms with E-state index in [-0.39, 0.29) is 29.2 Å². The number of benzene rings is 1. The van der Waals surface area contributed by atoms with Gasteiger partial charge < -0.3 is 14.6 Å². The number of aliphatic hydroxyl groups excluding tert-OH is 1. The van der Waals surface area contributed by atoms with Crippen LogP contribution in [0.5, 0.6) is 5.75 Å². The van der Waals surface area contributed by atoms with E-state index in [1.54, 1.807) is 14.0 Å². The van der Waals surface area contributed by atoms with E-state index in [9.17, 15) is 18.3 Å². The Balaban J connectivity index is 1.51. The summed E-state index contributed by atoms with van der Waals surface area (Å²) >= 11 is 0. The summed E-state index contributed by atoms with van der Waals surface area (Å²) in [4.78, 5) is 13.9. The number of amides is 1. The van der Waals surface area contributed by atoms with Crippen LogP contribution in [-0.2, 0) is 26.2 Å². The maximum atomic E-state index is 13.9. The molecule has 196 valence electrons. The van der Waals surface area contributed by atoms with Crippen LogP contribution in [0.1, 0.15) is 71.8 Å². The molecule has 1 aromatic carbocycles. The molecule has 1 aliphatic heterocycles. The van der Waals surface area contributed by atoms with Crippen molar-refractivity contribution in [3.05, 3.63) is 29.8 Å². The fourth-order valence-electron chi connectivity index (χ4n) is 6.98. The van der Waals surface area contributed by atoms with Gasteiger partial charge in [-0.2, -0.15) is 0 Å². The molecule has 0 radical (unpaired) electrons. The van der Waals surface area contributed by atoms with Crippen LogP contribution in [0.3, 0.4) is 0 Å². The highest BCUT2D eigenvalue weighted by Gasteiger charge is 2.72. The molecule has 2 saturated carbocycles. The molecule has 1 amide bonds. The average molecular weight is 508 g/mol. The van der Waals surface area contributed by atoms with E-state index >= 15 is 0 Å². The second-order valence-electron chi connectivity index (χ2n) is 11.4. The van der Waals surface area contributed by atoms with Crippen molar-refractivity contribution in [2.75, 3.05) is 12.9 Å². The number of nitrogens with zero attached hydrogens (tertiary/aromatic N) is 1. The first-order valence-electron chi connectivity index (χ1n) is 13.0. The molecule has 3 fully saturated rings. The number of methoxy groups -OCH3 is 1. The Morgan fingerprint density at radius 1 is 1.26 bits per heavy atom. The first-order valence-corrected chi connectivity index (χ1v) is 14.6.